The number of hydrogen-bond donors (Lipinski definition) is 2. The molecular weight excluding hydrogens is 300 g/mol. The first-order valence-corrected chi connectivity index (χ1v) is 8.52. The zero-order valence-corrected chi connectivity index (χ0v) is 14.8. The van der Waals surface area contributed by atoms with Gasteiger partial charge in [-0.2, -0.15) is 0 Å². The van der Waals surface area contributed by atoms with E-state index in [1.807, 2.05) is 36.4 Å². The van der Waals surface area contributed by atoms with Crippen LogP contribution in [0.5, 0.6) is 11.5 Å². The molecule has 0 saturated carbocycles. The molecule has 24 heavy (non-hydrogen) atoms. The molecule has 0 unspecified atom stereocenters. The Bertz CT molecular complexity index is 597. The first-order valence-electron chi connectivity index (χ1n) is 8.52. The zero-order valence-electron chi connectivity index (χ0n) is 14.8. The minimum absolute atomic E-state index is 0.669. The van der Waals surface area contributed by atoms with E-state index in [0.717, 1.165) is 49.0 Å². The van der Waals surface area contributed by atoms with Gasteiger partial charge in [0, 0.05) is 30.5 Å². The van der Waals surface area contributed by atoms with Gasteiger partial charge in [0.25, 0.3) is 0 Å². The third kappa shape index (κ3) is 6.41. The molecule has 0 fully saturated rings. The smallest absolute Gasteiger partial charge is 0.120 e. The normalized spacial score (nSPS) is 10.5. The summed E-state index contributed by atoms with van der Waals surface area (Å²) in [5.41, 5.74) is 2.16. The second-order valence-corrected chi connectivity index (χ2v) is 6.14. The molecule has 2 rings (SSSR count). The highest BCUT2D eigenvalue weighted by Crippen LogP contribution is 2.17. The standard InChI is InChI=1S/C20H28N2O2/c1-16(2)11-14-24-19-9-7-17(8-10-19)21-12-13-22-18-5-4-6-20(15-18)23-3/h4-10,15-16,21-22H,11-14H2,1-3H3. The topological polar surface area (TPSA) is 42.5 Å². The first kappa shape index (κ1) is 18.0. The monoisotopic (exact) mass is 328 g/mol. The highest BCUT2D eigenvalue weighted by atomic mass is 16.5. The molecule has 4 heteroatoms. The van der Waals surface area contributed by atoms with Crippen LogP contribution in [0.15, 0.2) is 48.5 Å². The van der Waals surface area contributed by atoms with E-state index in [0.29, 0.717) is 5.92 Å². The van der Waals surface area contributed by atoms with E-state index in [1.165, 1.54) is 0 Å². The molecule has 0 aliphatic heterocycles. The van der Waals surface area contributed by atoms with Gasteiger partial charge in [-0.25, -0.2) is 0 Å². The molecular formula is C20H28N2O2. The van der Waals surface area contributed by atoms with Crippen LogP contribution in [0.3, 0.4) is 0 Å². The number of anilines is 2. The second-order valence-electron chi connectivity index (χ2n) is 6.14. The van der Waals surface area contributed by atoms with Gasteiger partial charge in [0.05, 0.1) is 13.7 Å². The summed E-state index contributed by atoms with van der Waals surface area (Å²) < 4.78 is 10.9. The molecule has 0 bridgehead atoms. The molecule has 0 saturated heterocycles. The Hall–Kier alpha value is -2.36. The summed E-state index contributed by atoms with van der Waals surface area (Å²) in [6, 6.07) is 16.1. The van der Waals surface area contributed by atoms with Gasteiger partial charge in [-0.05, 0) is 48.7 Å². The van der Waals surface area contributed by atoms with Crippen molar-refractivity contribution in [1.29, 1.82) is 0 Å². The van der Waals surface area contributed by atoms with Gasteiger partial charge in [0.15, 0.2) is 0 Å². The fourth-order valence-corrected chi connectivity index (χ4v) is 2.23. The van der Waals surface area contributed by atoms with E-state index in [4.69, 9.17) is 9.47 Å². The number of hydrogen-bond acceptors (Lipinski definition) is 4. The maximum absolute atomic E-state index is 5.73. The van der Waals surface area contributed by atoms with Crippen molar-refractivity contribution in [1.82, 2.24) is 0 Å². The van der Waals surface area contributed by atoms with E-state index in [-0.39, 0.29) is 0 Å². The third-order valence-electron chi connectivity index (χ3n) is 3.67. The summed E-state index contributed by atoms with van der Waals surface area (Å²) in [5, 5.41) is 6.77. The summed E-state index contributed by atoms with van der Waals surface area (Å²) in [6.07, 6.45) is 1.08. The highest BCUT2D eigenvalue weighted by molar-refractivity contribution is 5.49. The van der Waals surface area contributed by atoms with Gasteiger partial charge >= 0.3 is 0 Å². The Morgan fingerprint density at radius 2 is 1.58 bits per heavy atom. The van der Waals surface area contributed by atoms with E-state index >= 15 is 0 Å². The predicted molar refractivity (Wildman–Crippen MR) is 101 cm³/mol. The largest absolute Gasteiger partial charge is 0.497 e. The summed E-state index contributed by atoms with van der Waals surface area (Å²) >= 11 is 0. The molecule has 4 nitrogen and oxygen atoms in total. The lowest BCUT2D eigenvalue weighted by Crippen LogP contribution is -2.13. The van der Waals surface area contributed by atoms with Crippen molar-refractivity contribution in [3.63, 3.8) is 0 Å². The van der Waals surface area contributed by atoms with Gasteiger partial charge in [-0.3, -0.25) is 0 Å². The molecule has 2 N–H and O–H groups in total. The lowest BCUT2D eigenvalue weighted by Gasteiger charge is -2.11. The zero-order chi connectivity index (χ0) is 17.2. The maximum atomic E-state index is 5.73. The van der Waals surface area contributed by atoms with Crippen LogP contribution in [0.25, 0.3) is 0 Å². The van der Waals surface area contributed by atoms with Gasteiger partial charge in [-0.1, -0.05) is 19.9 Å². The predicted octanol–water partition coefficient (Wildman–Crippen LogP) is 4.64. The average molecular weight is 328 g/mol. The average Bonchev–Trinajstić information content (AvgIpc) is 2.60. The van der Waals surface area contributed by atoms with Crippen LogP contribution in [0.2, 0.25) is 0 Å². The summed E-state index contributed by atoms with van der Waals surface area (Å²) in [5.74, 6) is 2.46. The van der Waals surface area contributed by atoms with Gasteiger partial charge in [-0.15, -0.1) is 0 Å². The van der Waals surface area contributed by atoms with Crippen LogP contribution < -0.4 is 20.1 Å². The van der Waals surface area contributed by atoms with Crippen molar-refractivity contribution in [2.75, 3.05) is 37.4 Å². The Labute approximate surface area is 145 Å². The van der Waals surface area contributed by atoms with Crippen molar-refractivity contribution >= 4 is 11.4 Å². The SMILES string of the molecule is COc1cccc(NCCNc2ccc(OCCC(C)C)cc2)c1. The quantitative estimate of drug-likeness (QED) is 0.623. The number of methoxy groups -OCH3 is 1. The minimum atomic E-state index is 0.669. The number of benzene rings is 2. The minimum Gasteiger partial charge on any atom is -0.497 e. The number of rotatable bonds is 10. The Kier molecular flexibility index (Phi) is 7.27. The second kappa shape index (κ2) is 9.71. The summed E-state index contributed by atoms with van der Waals surface area (Å²) in [6.45, 7) is 6.85. The van der Waals surface area contributed by atoms with Crippen LogP contribution in [-0.4, -0.2) is 26.8 Å². The first-order chi connectivity index (χ1) is 11.7. The summed E-state index contributed by atoms with van der Waals surface area (Å²) in [4.78, 5) is 0. The van der Waals surface area contributed by atoms with Crippen molar-refractivity contribution in [2.45, 2.75) is 20.3 Å². The lowest BCUT2D eigenvalue weighted by molar-refractivity contribution is 0.289. The van der Waals surface area contributed by atoms with Crippen LogP contribution in [0.1, 0.15) is 20.3 Å². The van der Waals surface area contributed by atoms with Gasteiger partial charge in [0.2, 0.25) is 0 Å². The summed E-state index contributed by atoms with van der Waals surface area (Å²) in [7, 11) is 1.68. The fourth-order valence-electron chi connectivity index (χ4n) is 2.23. The molecule has 2 aromatic rings. The van der Waals surface area contributed by atoms with E-state index in [1.54, 1.807) is 7.11 Å². The lowest BCUT2D eigenvalue weighted by atomic mass is 10.1. The fraction of sp³-hybridized carbons (Fsp3) is 0.400. The molecule has 0 aliphatic carbocycles. The van der Waals surface area contributed by atoms with Crippen LogP contribution in [0, 0.1) is 5.92 Å². The molecule has 2 aromatic carbocycles. The third-order valence-corrected chi connectivity index (χ3v) is 3.67. The molecule has 130 valence electrons. The van der Waals surface area contributed by atoms with Gasteiger partial charge < -0.3 is 20.1 Å². The Balaban J connectivity index is 1.68. The van der Waals surface area contributed by atoms with Gasteiger partial charge in [0.1, 0.15) is 11.5 Å². The molecule has 0 amide bonds. The van der Waals surface area contributed by atoms with Crippen LogP contribution >= 0.6 is 0 Å². The van der Waals surface area contributed by atoms with Crippen molar-refractivity contribution in [2.24, 2.45) is 5.92 Å². The van der Waals surface area contributed by atoms with E-state index in [9.17, 15) is 0 Å². The van der Waals surface area contributed by atoms with E-state index < -0.39 is 0 Å². The highest BCUT2D eigenvalue weighted by Gasteiger charge is 1.98. The number of nitrogens with one attached hydrogen (secondary N) is 2. The molecule has 0 spiro atoms. The molecule has 0 aromatic heterocycles. The van der Waals surface area contributed by atoms with E-state index in [2.05, 4.69) is 36.6 Å². The maximum Gasteiger partial charge on any atom is 0.120 e. The van der Waals surface area contributed by atoms with Crippen LogP contribution in [-0.2, 0) is 0 Å². The molecule has 0 aliphatic rings. The molecule has 0 atom stereocenters. The molecule has 0 radical (unpaired) electrons. The van der Waals surface area contributed by atoms with Crippen LogP contribution in [0.4, 0.5) is 11.4 Å². The Morgan fingerprint density at radius 1 is 0.875 bits per heavy atom. The molecule has 0 heterocycles. The van der Waals surface area contributed by atoms with Crippen molar-refractivity contribution < 1.29 is 9.47 Å². The number of ether oxygens (including phenoxy) is 2. The van der Waals surface area contributed by atoms with Crippen molar-refractivity contribution in [3.8, 4) is 11.5 Å². The van der Waals surface area contributed by atoms with Crippen molar-refractivity contribution in [3.05, 3.63) is 48.5 Å². The Morgan fingerprint density at radius 3 is 2.25 bits per heavy atom.